The van der Waals surface area contributed by atoms with Crippen LogP contribution in [0.4, 0.5) is 5.69 Å². The molecule has 1 fully saturated rings. The van der Waals surface area contributed by atoms with Gasteiger partial charge in [-0.1, -0.05) is 12.1 Å². The normalized spacial score (nSPS) is 16.3. The van der Waals surface area contributed by atoms with E-state index in [-0.39, 0.29) is 0 Å². The van der Waals surface area contributed by atoms with E-state index in [1.54, 1.807) is 21.3 Å². The maximum atomic E-state index is 5.58. The largest absolute Gasteiger partial charge is 0.497 e. The summed E-state index contributed by atoms with van der Waals surface area (Å²) in [5, 5.41) is 0. The van der Waals surface area contributed by atoms with Crippen LogP contribution in [-0.4, -0.2) is 52.4 Å². The molecule has 4 rings (SSSR count). The molecule has 28 heavy (non-hydrogen) atoms. The molecule has 1 aliphatic carbocycles. The highest BCUT2D eigenvalue weighted by atomic mass is 16.5. The van der Waals surface area contributed by atoms with Gasteiger partial charge in [-0.3, -0.25) is 0 Å². The number of aryl methyl sites for hydroxylation is 1. The molecule has 5 nitrogen and oxygen atoms in total. The van der Waals surface area contributed by atoms with Gasteiger partial charge in [0.05, 0.1) is 27.0 Å². The Kier molecular flexibility index (Phi) is 5.33. The summed E-state index contributed by atoms with van der Waals surface area (Å²) in [6, 6.07) is 12.4. The highest BCUT2D eigenvalue weighted by Gasteiger charge is 2.24. The Balaban J connectivity index is 1.52. The average molecular weight is 380 g/mol. The van der Waals surface area contributed by atoms with Gasteiger partial charge in [-0.15, -0.1) is 0 Å². The summed E-state index contributed by atoms with van der Waals surface area (Å²) in [4.78, 5) is 4.88. The first-order valence-corrected chi connectivity index (χ1v) is 9.83. The fourth-order valence-electron chi connectivity index (χ4n) is 4.14. The van der Waals surface area contributed by atoms with Crippen molar-refractivity contribution in [3.05, 3.63) is 53.6 Å². The summed E-state index contributed by atoms with van der Waals surface area (Å²) in [6.45, 7) is 3.84. The smallest absolute Gasteiger partial charge is 0.142 e. The van der Waals surface area contributed by atoms with E-state index in [9.17, 15) is 0 Å². The molecule has 2 aromatic rings. The average Bonchev–Trinajstić information content (AvgIpc) is 2.78. The number of methoxy groups -OCH3 is 3. The van der Waals surface area contributed by atoms with Crippen molar-refractivity contribution < 1.29 is 14.2 Å². The molecule has 0 radical (unpaired) electrons. The Morgan fingerprint density at radius 2 is 1.43 bits per heavy atom. The second-order valence-corrected chi connectivity index (χ2v) is 7.16. The van der Waals surface area contributed by atoms with Crippen molar-refractivity contribution >= 4 is 11.4 Å². The molecule has 2 aromatic carbocycles. The van der Waals surface area contributed by atoms with Gasteiger partial charge >= 0.3 is 0 Å². The number of anilines is 1. The van der Waals surface area contributed by atoms with E-state index in [2.05, 4.69) is 40.1 Å². The highest BCUT2D eigenvalue weighted by molar-refractivity contribution is 5.71. The second-order valence-electron chi connectivity index (χ2n) is 7.16. The zero-order chi connectivity index (χ0) is 19.5. The lowest BCUT2D eigenvalue weighted by atomic mass is 9.93. The first-order chi connectivity index (χ1) is 13.7. The standard InChI is InChI=1S/C23H28N2O3/c1-26-18-8-7-17-5-4-6-21(20(17)15-18)24-11-13-25(14-12-24)22-16-19(27-2)9-10-23(22)28-3/h6-10,15-16H,4-5,11-14H2,1-3H3. The molecule has 1 saturated heterocycles. The van der Waals surface area contributed by atoms with Crippen molar-refractivity contribution in [3.8, 4) is 17.2 Å². The molecule has 0 N–H and O–H groups in total. The van der Waals surface area contributed by atoms with E-state index >= 15 is 0 Å². The zero-order valence-corrected chi connectivity index (χ0v) is 16.9. The molecule has 1 aliphatic heterocycles. The summed E-state index contributed by atoms with van der Waals surface area (Å²) in [7, 11) is 5.15. The minimum absolute atomic E-state index is 0.856. The number of ether oxygens (including phenoxy) is 3. The van der Waals surface area contributed by atoms with Crippen LogP contribution in [-0.2, 0) is 6.42 Å². The third kappa shape index (κ3) is 3.49. The first kappa shape index (κ1) is 18.5. The zero-order valence-electron chi connectivity index (χ0n) is 16.9. The lowest BCUT2D eigenvalue weighted by Crippen LogP contribution is -2.45. The van der Waals surface area contributed by atoms with Crippen molar-refractivity contribution in [2.24, 2.45) is 0 Å². The Bertz CT molecular complexity index is 870. The maximum Gasteiger partial charge on any atom is 0.142 e. The van der Waals surface area contributed by atoms with Gasteiger partial charge in [0.1, 0.15) is 17.2 Å². The molecule has 0 unspecified atom stereocenters. The summed E-state index contributed by atoms with van der Waals surface area (Å²) in [5.74, 6) is 2.67. The van der Waals surface area contributed by atoms with Crippen LogP contribution in [0.3, 0.4) is 0 Å². The number of hydrogen-bond acceptors (Lipinski definition) is 5. The monoisotopic (exact) mass is 380 g/mol. The number of nitrogens with zero attached hydrogens (tertiary/aromatic N) is 2. The molecule has 0 aromatic heterocycles. The Morgan fingerprint density at radius 1 is 0.750 bits per heavy atom. The van der Waals surface area contributed by atoms with Gasteiger partial charge in [0.25, 0.3) is 0 Å². The quantitative estimate of drug-likeness (QED) is 0.788. The van der Waals surface area contributed by atoms with Crippen molar-refractivity contribution in [2.75, 3.05) is 52.4 Å². The number of allylic oxidation sites excluding steroid dienone is 1. The number of hydrogen-bond donors (Lipinski definition) is 0. The minimum atomic E-state index is 0.856. The van der Waals surface area contributed by atoms with Crippen molar-refractivity contribution in [2.45, 2.75) is 12.8 Å². The van der Waals surface area contributed by atoms with Gasteiger partial charge in [0.2, 0.25) is 0 Å². The fraction of sp³-hybridized carbons (Fsp3) is 0.391. The third-order valence-corrected chi connectivity index (χ3v) is 5.69. The highest BCUT2D eigenvalue weighted by Crippen LogP contribution is 2.35. The van der Waals surface area contributed by atoms with Gasteiger partial charge in [-0.25, -0.2) is 0 Å². The number of rotatable bonds is 5. The number of piperazine rings is 1. The summed E-state index contributed by atoms with van der Waals surface area (Å²) in [5.41, 5.74) is 5.17. The molecule has 0 bridgehead atoms. The predicted molar refractivity (Wildman–Crippen MR) is 113 cm³/mol. The molecule has 5 heteroatoms. The van der Waals surface area contributed by atoms with Gasteiger partial charge in [0.15, 0.2) is 0 Å². The summed E-state index contributed by atoms with van der Waals surface area (Å²) >= 11 is 0. The molecule has 1 heterocycles. The predicted octanol–water partition coefficient (Wildman–Crippen LogP) is 3.82. The maximum absolute atomic E-state index is 5.58. The third-order valence-electron chi connectivity index (χ3n) is 5.69. The minimum Gasteiger partial charge on any atom is -0.497 e. The van der Waals surface area contributed by atoms with Crippen LogP contribution in [0, 0.1) is 0 Å². The lowest BCUT2D eigenvalue weighted by Gasteiger charge is -2.40. The van der Waals surface area contributed by atoms with Crippen LogP contribution in [0.15, 0.2) is 42.5 Å². The fourth-order valence-corrected chi connectivity index (χ4v) is 4.14. The van der Waals surface area contributed by atoms with E-state index in [1.165, 1.54) is 16.8 Å². The second kappa shape index (κ2) is 8.05. The van der Waals surface area contributed by atoms with Crippen molar-refractivity contribution in [1.29, 1.82) is 0 Å². The number of fused-ring (bicyclic) bond motifs is 1. The molecule has 0 atom stereocenters. The van der Waals surface area contributed by atoms with Crippen LogP contribution >= 0.6 is 0 Å². The Labute approximate surface area is 167 Å². The van der Waals surface area contributed by atoms with Crippen LogP contribution in [0.2, 0.25) is 0 Å². The van der Waals surface area contributed by atoms with E-state index in [0.29, 0.717) is 0 Å². The Hall–Kier alpha value is -2.82. The first-order valence-electron chi connectivity index (χ1n) is 9.83. The van der Waals surface area contributed by atoms with Gasteiger partial charge in [-0.05, 0) is 42.7 Å². The van der Waals surface area contributed by atoms with Gasteiger partial charge < -0.3 is 24.0 Å². The SMILES string of the molecule is COc1ccc2c(c1)C(N1CCN(c3cc(OC)ccc3OC)CC1)=CCC2. The van der Waals surface area contributed by atoms with Gasteiger partial charge in [0, 0.05) is 43.5 Å². The molecule has 0 spiro atoms. The van der Waals surface area contributed by atoms with Crippen LogP contribution in [0.5, 0.6) is 17.2 Å². The molecular formula is C23H28N2O3. The van der Waals surface area contributed by atoms with E-state index in [1.807, 2.05) is 12.1 Å². The topological polar surface area (TPSA) is 34.2 Å². The molecule has 148 valence electrons. The van der Waals surface area contributed by atoms with E-state index in [0.717, 1.165) is 62.0 Å². The Morgan fingerprint density at radius 3 is 2.14 bits per heavy atom. The van der Waals surface area contributed by atoms with Crippen LogP contribution in [0.25, 0.3) is 5.70 Å². The molecular weight excluding hydrogens is 352 g/mol. The summed E-state index contributed by atoms with van der Waals surface area (Å²) in [6.07, 6.45) is 4.58. The van der Waals surface area contributed by atoms with Crippen LogP contribution < -0.4 is 19.1 Å². The van der Waals surface area contributed by atoms with E-state index < -0.39 is 0 Å². The van der Waals surface area contributed by atoms with Gasteiger partial charge in [-0.2, -0.15) is 0 Å². The van der Waals surface area contributed by atoms with Crippen LogP contribution in [0.1, 0.15) is 17.5 Å². The molecule has 2 aliphatic rings. The van der Waals surface area contributed by atoms with Crippen molar-refractivity contribution in [1.82, 2.24) is 4.90 Å². The molecule has 0 saturated carbocycles. The summed E-state index contributed by atoms with van der Waals surface area (Å²) < 4.78 is 16.4. The molecule has 0 amide bonds. The lowest BCUT2D eigenvalue weighted by molar-refractivity contribution is 0.359. The van der Waals surface area contributed by atoms with E-state index in [4.69, 9.17) is 14.2 Å². The number of benzene rings is 2. The van der Waals surface area contributed by atoms with Crippen molar-refractivity contribution in [3.63, 3.8) is 0 Å².